The van der Waals surface area contributed by atoms with Crippen molar-refractivity contribution in [2.45, 2.75) is 18.3 Å². The molecule has 30 heavy (non-hydrogen) atoms. The number of β-lactam (4-membered cyclic amide) rings is 1. The van der Waals surface area contributed by atoms with E-state index in [0.717, 1.165) is 16.2 Å². The molecule has 12 nitrogen and oxygen atoms in total. The maximum atomic E-state index is 12.6. The van der Waals surface area contributed by atoms with Gasteiger partial charge < -0.3 is 30.5 Å². The topological polar surface area (TPSA) is 176 Å². The Morgan fingerprint density at radius 2 is 2.20 bits per heavy atom. The van der Waals surface area contributed by atoms with Crippen LogP contribution >= 0.6 is 23.1 Å². The van der Waals surface area contributed by atoms with Crippen molar-refractivity contribution in [3.8, 4) is 0 Å². The Morgan fingerprint density at radius 1 is 1.47 bits per heavy atom. The van der Waals surface area contributed by atoms with E-state index in [1.807, 2.05) is 0 Å². The molecule has 2 atom stereocenters. The number of carboxylic acids is 1. The van der Waals surface area contributed by atoms with Crippen LogP contribution in [-0.4, -0.2) is 70.2 Å². The number of ether oxygens (including phenoxy) is 1. The van der Waals surface area contributed by atoms with Crippen molar-refractivity contribution in [1.29, 1.82) is 0 Å². The molecule has 14 heteroatoms. The standard InChI is InChI=1S/C16H17N5O7S2/c1-6(22)28-3-7-4-29-14-10(13(24)21(14)11(7)15(25)26)19-12(23)9(20-27-2)8-5-30-16(17)18-8/h5,10,14H,3-4H2,1-2H3,(H2,17,18)(H,19,23)(H,25,26)/p-1/b20-9-. The van der Waals surface area contributed by atoms with Crippen molar-refractivity contribution < 1.29 is 33.9 Å². The van der Waals surface area contributed by atoms with Crippen LogP contribution in [0.4, 0.5) is 5.13 Å². The molecule has 0 spiro atoms. The van der Waals surface area contributed by atoms with E-state index in [9.17, 15) is 24.3 Å². The first-order valence-electron chi connectivity index (χ1n) is 8.39. The number of hydrogen-bond donors (Lipinski definition) is 2. The Morgan fingerprint density at radius 3 is 2.77 bits per heavy atom. The average molecular weight is 454 g/mol. The molecule has 0 aliphatic carbocycles. The number of aromatic nitrogens is 1. The predicted molar refractivity (Wildman–Crippen MR) is 104 cm³/mol. The fraction of sp³-hybridized carbons (Fsp3) is 0.375. The number of thioether (sulfide) groups is 1. The van der Waals surface area contributed by atoms with Crippen LogP contribution in [0.3, 0.4) is 0 Å². The predicted octanol–water partition coefficient (Wildman–Crippen LogP) is -1.96. The van der Waals surface area contributed by atoms with Gasteiger partial charge in [-0.1, -0.05) is 5.16 Å². The number of amides is 2. The summed E-state index contributed by atoms with van der Waals surface area (Å²) in [5.41, 5.74) is 5.46. The van der Waals surface area contributed by atoms with Crippen molar-refractivity contribution in [2.24, 2.45) is 5.16 Å². The minimum atomic E-state index is -1.57. The fourth-order valence-corrected chi connectivity index (χ4v) is 4.75. The first kappa shape index (κ1) is 21.6. The van der Waals surface area contributed by atoms with Gasteiger partial charge in [0.15, 0.2) is 10.8 Å². The van der Waals surface area contributed by atoms with Crippen LogP contribution in [0, 0.1) is 0 Å². The number of nitrogens with zero attached hydrogens (tertiary/aromatic N) is 3. The number of oxime groups is 1. The number of rotatable bonds is 7. The molecule has 1 saturated heterocycles. The molecule has 2 aliphatic rings. The third-order valence-corrected chi connectivity index (χ3v) is 6.15. The van der Waals surface area contributed by atoms with Gasteiger partial charge in [0.2, 0.25) is 0 Å². The monoisotopic (exact) mass is 454 g/mol. The van der Waals surface area contributed by atoms with Gasteiger partial charge in [-0.3, -0.25) is 19.3 Å². The SMILES string of the molecule is CO/N=C(\C(=O)NC1C(=O)N2C(C(=O)[O-])=C(COC(C)=O)CSC12)c1csc(N)n1. The Balaban J connectivity index is 1.77. The van der Waals surface area contributed by atoms with Crippen LogP contribution in [0.2, 0.25) is 0 Å². The molecule has 0 aromatic carbocycles. The maximum absolute atomic E-state index is 12.6. The second-order valence-electron chi connectivity index (χ2n) is 6.07. The molecule has 1 fully saturated rings. The molecular formula is C16H16N5O7S2-. The molecule has 2 unspecified atom stereocenters. The fourth-order valence-electron chi connectivity index (χ4n) is 2.87. The summed E-state index contributed by atoms with van der Waals surface area (Å²) >= 11 is 2.32. The van der Waals surface area contributed by atoms with Crippen LogP contribution in [0.25, 0.3) is 0 Å². The highest BCUT2D eigenvalue weighted by atomic mass is 32.2. The zero-order valence-corrected chi connectivity index (χ0v) is 17.4. The number of carbonyl (C=O) groups is 4. The zero-order valence-electron chi connectivity index (χ0n) is 15.7. The van der Waals surface area contributed by atoms with E-state index in [1.54, 1.807) is 0 Å². The van der Waals surface area contributed by atoms with Crippen molar-refractivity contribution in [1.82, 2.24) is 15.2 Å². The summed E-state index contributed by atoms with van der Waals surface area (Å²) in [5, 5.41) is 18.8. The van der Waals surface area contributed by atoms with Crippen LogP contribution < -0.4 is 16.2 Å². The number of anilines is 1. The van der Waals surface area contributed by atoms with Gasteiger partial charge in [-0.2, -0.15) is 0 Å². The maximum Gasteiger partial charge on any atom is 0.302 e. The lowest BCUT2D eigenvalue weighted by Gasteiger charge is -2.50. The number of nitrogen functional groups attached to an aromatic ring is 1. The van der Waals surface area contributed by atoms with Gasteiger partial charge in [-0.15, -0.1) is 23.1 Å². The molecule has 3 heterocycles. The van der Waals surface area contributed by atoms with Gasteiger partial charge in [0, 0.05) is 23.6 Å². The van der Waals surface area contributed by atoms with E-state index < -0.39 is 35.2 Å². The summed E-state index contributed by atoms with van der Waals surface area (Å²) in [4.78, 5) is 57.5. The average Bonchev–Trinajstić information content (AvgIpc) is 3.13. The van der Waals surface area contributed by atoms with Gasteiger partial charge in [-0.05, 0) is 0 Å². The minimum absolute atomic E-state index is 0.177. The quantitative estimate of drug-likeness (QED) is 0.204. The highest BCUT2D eigenvalue weighted by molar-refractivity contribution is 8.00. The molecular weight excluding hydrogens is 438 g/mol. The third kappa shape index (κ3) is 4.09. The lowest BCUT2D eigenvalue weighted by Crippen LogP contribution is -2.71. The summed E-state index contributed by atoms with van der Waals surface area (Å²) in [6.45, 7) is 0.919. The Labute approximate surface area is 178 Å². The van der Waals surface area contributed by atoms with E-state index in [0.29, 0.717) is 0 Å². The van der Waals surface area contributed by atoms with E-state index in [1.165, 1.54) is 31.2 Å². The number of nitrogens with two attached hydrogens (primary N) is 1. The molecule has 2 amide bonds. The van der Waals surface area contributed by atoms with E-state index in [-0.39, 0.29) is 40.2 Å². The Kier molecular flexibility index (Phi) is 6.26. The van der Waals surface area contributed by atoms with Crippen molar-refractivity contribution >= 4 is 57.7 Å². The normalized spacial score (nSPS) is 20.9. The number of aliphatic carboxylic acids is 1. The van der Waals surface area contributed by atoms with Gasteiger partial charge in [0.25, 0.3) is 11.8 Å². The Bertz CT molecular complexity index is 973. The zero-order chi connectivity index (χ0) is 22.0. The lowest BCUT2D eigenvalue weighted by molar-refractivity contribution is -0.301. The van der Waals surface area contributed by atoms with Crippen molar-refractivity contribution in [3.05, 3.63) is 22.3 Å². The number of thiazole rings is 1. The highest BCUT2D eigenvalue weighted by Crippen LogP contribution is 2.40. The number of fused-ring (bicyclic) bond motifs is 1. The first-order valence-corrected chi connectivity index (χ1v) is 10.3. The molecule has 2 aliphatic heterocycles. The third-order valence-electron chi connectivity index (χ3n) is 4.14. The molecule has 3 rings (SSSR count). The summed E-state index contributed by atoms with van der Waals surface area (Å²) in [6.07, 6.45) is 0. The van der Waals surface area contributed by atoms with Gasteiger partial charge >= 0.3 is 5.97 Å². The number of esters is 1. The van der Waals surface area contributed by atoms with Gasteiger partial charge in [-0.25, -0.2) is 4.98 Å². The molecule has 1 aromatic heterocycles. The molecule has 0 bridgehead atoms. The number of carboxylic acid groups (broad SMARTS) is 1. The molecule has 1 aromatic rings. The minimum Gasteiger partial charge on any atom is -0.543 e. The number of hydrogen-bond acceptors (Lipinski definition) is 12. The van der Waals surface area contributed by atoms with Gasteiger partial charge in [0.05, 0.1) is 11.7 Å². The molecule has 3 N–H and O–H groups in total. The number of carbonyl (C=O) groups excluding carboxylic acids is 4. The Hall–Kier alpha value is -3.13. The van der Waals surface area contributed by atoms with Gasteiger partial charge in [0.1, 0.15) is 30.8 Å². The largest absolute Gasteiger partial charge is 0.543 e. The van der Waals surface area contributed by atoms with Crippen molar-refractivity contribution in [2.75, 3.05) is 25.2 Å². The number of nitrogens with one attached hydrogen (secondary N) is 1. The molecule has 0 saturated carbocycles. The van der Waals surface area contributed by atoms with Crippen LogP contribution in [0.5, 0.6) is 0 Å². The molecule has 160 valence electrons. The van der Waals surface area contributed by atoms with E-state index in [4.69, 9.17) is 10.5 Å². The van der Waals surface area contributed by atoms with E-state index in [2.05, 4.69) is 20.3 Å². The highest BCUT2D eigenvalue weighted by Gasteiger charge is 2.53. The summed E-state index contributed by atoms with van der Waals surface area (Å²) in [7, 11) is 1.25. The van der Waals surface area contributed by atoms with Crippen LogP contribution in [0.15, 0.2) is 21.8 Å². The van der Waals surface area contributed by atoms with E-state index >= 15 is 0 Å². The second kappa shape index (κ2) is 8.71. The molecule has 0 radical (unpaired) electrons. The summed E-state index contributed by atoms with van der Waals surface area (Å²) in [6, 6.07) is -0.995. The summed E-state index contributed by atoms with van der Waals surface area (Å²) in [5.74, 6) is -3.35. The first-order chi connectivity index (χ1) is 14.2. The van der Waals surface area contributed by atoms with Crippen molar-refractivity contribution in [3.63, 3.8) is 0 Å². The van der Waals surface area contributed by atoms with Crippen LogP contribution in [0.1, 0.15) is 12.6 Å². The smallest absolute Gasteiger partial charge is 0.302 e. The van der Waals surface area contributed by atoms with Crippen LogP contribution in [-0.2, 0) is 28.8 Å². The summed E-state index contributed by atoms with van der Waals surface area (Å²) < 4.78 is 4.85. The lowest BCUT2D eigenvalue weighted by atomic mass is 10.0. The second-order valence-corrected chi connectivity index (χ2v) is 8.07.